The zero-order valence-corrected chi connectivity index (χ0v) is 10.1. The Hall–Kier alpha value is -1.81. The summed E-state index contributed by atoms with van der Waals surface area (Å²) in [5.74, 6) is 2.17. The van der Waals surface area contributed by atoms with Gasteiger partial charge in [-0.25, -0.2) is 4.98 Å². The molecular weight excluding hydrogens is 216 g/mol. The molecule has 0 unspecified atom stereocenters. The van der Waals surface area contributed by atoms with E-state index in [1.165, 1.54) is 0 Å². The molecule has 1 heterocycles. The van der Waals surface area contributed by atoms with Crippen LogP contribution < -0.4 is 10.5 Å². The summed E-state index contributed by atoms with van der Waals surface area (Å²) < 4.78 is 11.0. The number of aromatic nitrogens is 1. The van der Waals surface area contributed by atoms with E-state index in [1.54, 1.807) is 0 Å². The molecule has 0 fully saturated rings. The fourth-order valence-electron chi connectivity index (χ4n) is 1.63. The van der Waals surface area contributed by atoms with Crippen molar-refractivity contribution in [2.75, 3.05) is 6.61 Å². The maximum absolute atomic E-state index is 5.58. The summed E-state index contributed by atoms with van der Waals surface area (Å²) in [6, 6.07) is 7.68. The molecule has 4 nitrogen and oxygen atoms in total. The van der Waals surface area contributed by atoms with Crippen molar-refractivity contribution in [1.29, 1.82) is 0 Å². The molecule has 17 heavy (non-hydrogen) atoms. The van der Waals surface area contributed by atoms with Gasteiger partial charge >= 0.3 is 0 Å². The number of hydrogen-bond donors (Lipinski definition) is 1. The second-order valence-corrected chi connectivity index (χ2v) is 3.69. The molecule has 1 aromatic carbocycles. The van der Waals surface area contributed by atoms with E-state index < -0.39 is 0 Å². The SMILES string of the molecule is CCOc1cccc(-c2nc(CN)c(C)o2)c1. The van der Waals surface area contributed by atoms with Gasteiger partial charge in [0.15, 0.2) is 0 Å². The molecule has 0 aliphatic heterocycles. The number of ether oxygens (including phenoxy) is 1. The normalized spacial score (nSPS) is 10.5. The lowest BCUT2D eigenvalue weighted by molar-refractivity contribution is 0.340. The molecule has 0 atom stereocenters. The number of oxazole rings is 1. The van der Waals surface area contributed by atoms with E-state index >= 15 is 0 Å². The van der Waals surface area contributed by atoms with Gasteiger partial charge in [0.1, 0.15) is 11.5 Å². The molecule has 0 aliphatic rings. The van der Waals surface area contributed by atoms with Crippen LogP contribution in [0.15, 0.2) is 28.7 Å². The van der Waals surface area contributed by atoms with Gasteiger partial charge in [0.05, 0.1) is 12.3 Å². The monoisotopic (exact) mass is 232 g/mol. The topological polar surface area (TPSA) is 61.3 Å². The highest BCUT2D eigenvalue weighted by Gasteiger charge is 2.10. The lowest BCUT2D eigenvalue weighted by atomic mass is 10.2. The maximum Gasteiger partial charge on any atom is 0.226 e. The summed E-state index contributed by atoms with van der Waals surface area (Å²) in [4.78, 5) is 4.35. The van der Waals surface area contributed by atoms with Gasteiger partial charge < -0.3 is 14.9 Å². The molecule has 0 saturated heterocycles. The molecule has 0 amide bonds. The van der Waals surface area contributed by atoms with Crippen LogP contribution in [0.1, 0.15) is 18.4 Å². The van der Waals surface area contributed by atoms with Crippen LogP contribution in [-0.2, 0) is 6.54 Å². The van der Waals surface area contributed by atoms with Crippen molar-refractivity contribution in [3.63, 3.8) is 0 Å². The van der Waals surface area contributed by atoms with Crippen LogP contribution in [0.5, 0.6) is 5.75 Å². The minimum atomic E-state index is 0.389. The Balaban J connectivity index is 2.34. The Morgan fingerprint density at radius 1 is 1.41 bits per heavy atom. The van der Waals surface area contributed by atoms with E-state index in [1.807, 2.05) is 38.1 Å². The van der Waals surface area contributed by atoms with Crippen molar-refractivity contribution in [2.45, 2.75) is 20.4 Å². The molecular formula is C13H16N2O2. The van der Waals surface area contributed by atoms with Crippen molar-refractivity contribution in [3.8, 4) is 17.2 Å². The van der Waals surface area contributed by atoms with Gasteiger partial charge in [0.25, 0.3) is 0 Å². The second-order valence-electron chi connectivity index (χ2n) is 3.69. The Kier molecular flexibility index (Phi) is 3.44. The first-order valence-corrected chi connectivity index (χ1v) is 5.64. The summed E-state index contributed by atoms with van der Waals surface area (Å²) in [7, 11) is 0. The van der Waals surface area contributed by atoms with Crippen molar-refractivity contribution < 1.29 is 9.15 Å². The number of rotatable bonds is 4. The second kappa shape index (κ2) is 5.01. The average molecular weight is 232 g/mol. The van der Waals surface area contributed by atoms with Gasteiger partial charge in [-0.2, -0.15) is 0 Å². The first-order chi connectivity index (χ1) is 8.24. The standard InChI is InChI=1S/C13H16N2O2/c1-3-16-11-6-4-5-10(7-11)13-15-12(8-14)9(2)17-13/h4-7H,3,8,14H2,1-2H3. The van der Waals surface area contributed by atoms with Crippen LogP contribution in [0.4, 0.5) is 0 Å². The Morgan fingerprint density at radius 2 is 2.24 bits per heavy atom. The molecule has 0 aliphatic carbocycles. The van der Waals surface area contributed by atoms with Crippen LogP contribution in [0.3, 0.4) is 0 Å². The van der Waals surface area contributed by atoms with Crippen LogP contribution in [0, 0.1) is 6.92 Å². The fraction of sp³-hybridized carbons (Fsp3) is 0.308. The van der Waals surface area contributed by atoms with Gasteiger partial charge in [-0.15, -0.1) is 0 Å². The Labute approximate surface area is 100 Å². The zero-order valence-electron chi connectivity index (χ0n) is 10.1. The van der Waals surface area contributed by atoms with Gasteiger partial charge in [-0.05, 0) is 32.0 Å². The van der Waals surface area contributed by atoms with E-state index in [0.717, 1.165) is 22.8 Å². The van der Waals surface area contributed by atoms with Crippen LogP contribution >= 0.6 is 0 Å². The van der Waals surface area contributed by atoms with Gasteiger partial charge in [0, 0.05) is 12.1 Å². The third kappa shape index (κ3) is 2.47. The number of hydrogen-bond acceptors (Lipinski definition) is 4. The number of benzene rings is 1. The summed E-state index contributed by atoms with van der Waals surface area (Å²) in [5, 5.41) is 0. The average Bonchev–Trinajstić information content (AvgIpc) is 2.71. The van der Waals surface area contributed by atoms with Crippen LogP contribution in [-0.4, -0.2) is 11.6 Å². The fourth-order valence-corrected chi connectivity index (χ4v) is 1.63. The van der Waals surface area contributed by atoms with Gasteiger partial charge in [-0.1, -0.05) is 6.07 Å². The molecule has 0 bridgehead atoms. The smallest absolute Gasteiger partial charge is 0.226 e. The first-order valence-electron chi connectivity index (χ1n) is 5.64. The molecule has 2 rings (SSSR count). The van der Waals surface area contributed by atoms with Crippen molar-refractivity contribution in [3.05, 3.63) is 35.7 Å². The molecule has 2 aromatic rings. The van der Waals surface area contributed by atoms with Gasteiger partial charge in [0.2, 0.25) is 5.89 Å². The Morgan fingerprint density at radius 3 is 2.88 bits per heavy atom. The quantitative estimate of drug-likeness (QED) is 0.879. The number of aryl methyl sites for hydroxylation is 1. The molecule has 1 aromatic heterocycles. The number of nitrogens with two attached hydrogens (primary N) is 1. The van der Waals surface area contributed by atoms with E-state index in [-0.39, 0.29) is 0 Å². The first kappa shape index (κ1) is 11.7. The van der Waals surface area contributed by atoms with Crippen molar-refractivity contribution in [2.24, 2.45) is 5.73 Å². The van der Waals surface area contributed by atoms with E-state index in [2.05, 4.69) is 4.98 Å². The number of nitrogens with zero attached hydrogens (tertiary/aromatic N) is 1. The highest BCUT2D eigenvalue weighted by Crippen LogP contribution is 2.25. The highest BCUT2D eigenvalue weighted by atomic mass is 16.5. The Bertz CT molecular complexity index is 506. The third-order valence-corrected chi connectivity index (χ3v) is 2.48. The summed E-state index contributed by atoms with van der Waals surface area (Å²) in [5.41, 5.74) is 7.27. The summed E-state index contributed by atoms with van der Waals surface area (Å²) in [6.07, 6.45) is 0. The van der Waals surface area contributed by atoms with Gasteiger partial charge in [-0.3, -0.25) is 0 Å². The molecule has 90 valence electrons. The molecule has 2 N–H and O–H groups in total. The highest BCUT2D eigenvalue weighted by molar-refractivity contribution is 5.56. The van der Waals surface area contributed by atoms with Crippen LogP contribution in [0.25, 0.3) is 11.5 Å². The van der Waals surface area contributed by atoms with E-state index in [9.17, 15) is 0 Å². The predicted octanol–water partition coefficient (Wildman–Crippen LogP) is 2.51. The largest absolute Gasteiger partial charge is 0.494 e. The lowest BCUT2D eigenvalue weighted by Gasteiger charge is -2.03. The van der Waals surface area contributed by atoms with Crippen LogP contribution in [0.2, 0.25) is 0 Å². The molecule has 0 spiro atoms. The molecule has 0 saturated carbocycles. The summed E-state index contributed by atoms with van der Waals surface area (Å²) >= 11 is 0. The predicted molar refractivity (Wildman–Crippen MR) is 65.7 cm³/mol. The molecule has 0 radical (unpaired) electrons. The lowest BCUT2D eigenvalue weighted by Crippen LogP contribution is -1.98. The van der Waals surface area contributed by atoms with Crippen molar-refractivity contribution in [1.82, 2.24) is 4.98 Å². The molecule has 4 heteroatoms. The summed E-state index contributed by atoms with van der Waals surface area (Å²) in [6.45, 7) is 4.85. The zero-order chi connectivity index (χ0) is 12.3. The van der Waals surface area contributed by atoms with E-state index in [0.29, 0.717) is 19.0 Å². The van der Waals surface area contributed by atoms with E-state index in [4.69, 9.17) is 14.9 Å². The maximum atomic E-state index is 5.58. The minimum absolute atomic E-state index is 0.389. The van der Waals surface area contributed by atoms with Crippen molar-refractivity contribution >= 4 is 0 Å². The third-order valence-electron chi connectivity index (χ3n) is 2.48. The minimum Gasteiger partial charge on any atom is -0.494 e.